The van der Waals surface area contributed by atoms with Gasteiger partial charge in [-0.15, -0.1) is 13.2 Å². The van der Waals surface area contributed by atoms with E-state index in [1.165, 1.54) is 0 Å². The highest BCUT2D eigenvalue weighted by molar-refractivity contribution is 9.10. The summed E-state index contributed by atoms with van der Waals surface area (Å²) in [6.07, 6.45) is -10.7. The number of hydrogen-bond acceptors (Lipinski definition) is 4. The van der Waals surface area contributed by atoms with Gasteiger partial charge in [-0.2, -0.15) is 13.2 Å². The molecule has 0 spiro atoms. The largest absolute Gasteiger partial charge is 0.573 e. The second-order valence-electron chi connectivity index (χ2n) is 3.58. The second-order valence-corrected chi connectivity index (χ2v) is 4.33. The second kappa shape index (κ2) is 6.08. The molecule has 1 aromatic rings. The van der Waals surface area contributed by atoms with E-state index in [4.69, 9.17) is 0 Å². The summed E-state index contributed by atoms with van der Waals surface area (Å²) in [5.74, 6) is -2.58. The van der Waals surface area contributed by atoms with Crippen LogP contribution >= 0.6 is 15.9 Å². The topological polar surface area (TPSA) is 48.4 Å². The van der Waals surface area contributed by atoms with Crippen LogP contribution in [0.15, 0.2) is 10.8 Å². The van der Waals surface area contributed by atoms with E-state index in [-0.39, 0.29) is 0 Å². The molecule has 0 saturated heterocycles. The number of carbonyl (C=O) groups excluding carboxylic acids is 1. The normalized spacial score (nSPS) is 12.2. The maximum atomic E-state index is 12.9. The Hall–Kier alpha value is -1.52. The van der Waals surface area contributed by atoms with Crippen molar-refractivity contribution in [1.82, 2.24) is 4.98 Å². The summed E-state index contributed by atoms with van der Waals surface area (Å²) < 4.78 is 82.2. The van der Waals surface area contributed by atoms with Crippen LogP contribution in [0.1, 0.15) is 11.1 Å². The third-order valence-electron chi connectivity index (χ3n) is 2.12. The van der Waals surface area contributed by atoms with Crippen molar-refractivity contribution in [2.45, 2.75) is 19.0 Å². The maximum absolute atomic E-state index is 12.9. The van der Waals surface area contributed by atoms with Crippen molar-refractivity contribution < 1.29 is 40.6 Å². The van der Waals surface area contributed by atoms with Crippen LogP contribution in [-0.2, 0) is 22.1 Å². The first-order valence-electron chi connectivity index (χ1n) is 5.03. The van der Waals surface area contributed by atoms with Crippen LogP contribution in [0.4, 0.5) is 26.3 Å². The van der Waals surface area contributed by atoms with E-state index in [1.54, 1.807) is 0 Å². The van der Waals surface area contributed by atoms with Gasteiger partial charge in [0.05, 0.1) is 13.5 Å². The third kappa shape index (κ3) is 4.76. The summed E-state index contributed by atoms with van der Waals surface area (Å²) in [7, 11) is 0.934. The predicted octanol–water partition coefficient (Wildman–Crippen LogP) is 3.48. The quantitative estimate of drug-likeness (QED) is 0.457. The van der Waals surface area contributed by atoms with Crippen molar-refractivity contribution in [2.24, 2.45) is 0 Å². The van der Waals surface area contributed by atoms with Gasteiger partial charge in [0.25, 0.3) is 0 Å². The number of hydrogen-bond donors (Lipinski definition) is 0. The molecule has 0 radical (unpaired) electrons. The van der Waals surface area contributed by atoms with E-state index in [9.17, 15) is 31.1 Å². The molecular weight excluding hydrogens is 376 g/mol. The van der Waals surface area contributed by atoms with E-state index in [0.717, 1.165) is 7.11 Å². The summed E-state index contributed by atoms with van der Waals surface area (Å²) in [5, 5.41) is 0. The first kappa shape index (κ1) is 17.5. The standard InChI is InChI=1S/C10H6BrF6NO3/c1-20-5(19)2-4-3-18-8(11)6(9(12,13)14)7(4)21-10(15,16)17/h3H,2H2,1H3. The average Bonchev–Trinajstić information content (AvgIpc) is 2.28. The van der Waals surface area contributed by atoms with E-state index in [1.807, 2.05) is 0 Å². The fourth-order valence-electron chi connectivity index (χ4n) is 1.34. The minimum atomic E-state index is -5.37. The van der Waals surface area contributed by atoms with Crippen molar-refractivity contribution in [2.75, 3.05) is 7.11 Å². The lowest BCUT2D eigenvalue weighted by atomic mass is 10.1. The molecule has 0 aliphatic carbocycles. The van der Waals surface area contributed by atoms with Gasteiger partial charge in [0.1, 0.15) is 15.9 Å². The molecule has 0 bridgehead atoms. The predicted molar refractivity (Wildman–Crippen MR) is 59.3 cm³/mol. The Morgan fingerprint density at radius 2 is 1.86 bits per heavy atom. The van der Waals surface area contributed by atoms with Crippen molar-refractivity contribution in [3.05, 3.63) is 21.9 Å². The highest BCUT2D eigenvalue weighted by Crippen LogP contribution is 2.43. The molecule has 4 nitrogen and oxygen atoms in total. The Labute approximate surface area is 122 Å². The lowest BCUT2D eigenvalue weighted by molar-refractivity contribution is -0.276. The summed E-state index contributed by atoms with van der Waals surface area (Å²) in [6, 6.07) is 0. The van der Waals surface area contributed by atoms with E-state index in [2.05, 4.69) is 30.4 Å². The van der Waals surface area contributed by atoms with Gasteiger partial charge in [-0.25, -0.2) is 4.98 Å². The van der Waals surface area contributed by atoms with Gasteiger partial charge in [0.2, 0.25) is 0 Å². The number of nitrogens with zero attached hydrogens (tertiary/aromatic N) is 1. The SMILES string of the molecule is COC(=O)Cc1cnc(Br)c(C(F)(F)F)c1OC(F)(F)F. The van der Waals surface area contributed by atoms with Crippen LogP contribution in [0.5, 0.6) is 5.75 Å². The molecule has 0 unspecified atom stereocenters. The molecule has 0 aliphatic heterocycles. The van der Waals surface area contributed by atoms with E-state index in [0.29, 0.717) is 6.20 Å². The average molecular weight is 382 g/mol. The lowest BCUT2D eigenvalue weighted by Gasteiger charge is -2.19. The van der Waals surface area contributed by atoms with Crippen LogP contribution in [-0.4, -0.2) is 24.4 Å². The molecule has 118 valence electrons. The zero-order valence-electron chi connectivity index (χ0n) is 10.1. The molecule has 1 heterocycles. The smallest absolute Gasteiger partial charge is 0.469 e. The van der Waals surface area contributed by atoms with Crippen LogP contribution in [0.2, 0.25) is 0 Å². The molecule has 1 aromatic heterocycles. The summed E-state index contributed by atoms with van der Waals surface area (Å²) in [5.41, 5.74) is -2.46. The van der Waals surface area contributed by atoms with Crippen LogP contribution < -0.4 is 4.74 Å². The first-order valence-corrected chi connectivity index (χ1v) is 5.82. The van der Waals surface area contributed by atoms with Gasteiger partial charge in [-0.05, 0) is 15.9 Å². The number of aromatic nitrogens is 1. The van der Waals surface area contributed by atoms with Crippen molar-refractivity contribution in [3.63, 3.8) is 0 Å². The zero-order valence-corrected chi connectivity index (χ0v) is 11.7. The molecule has 21 heavy (non-hydrogen) atoms. The fraction of sp³-hybridized carbons (Fsp3) is 0.400. The van der Waals surface area contributed by atoms with Crippen molar-refractivity contribution >= 4 is 21.9 Å². The van der Waals surface area contributed by atoms with Gasteiger partial charge in [-0.3, -0.25) is 4.79 Å². The summed E-state index contributed by atoms with van der Waals surface area (Å²) in [4.78, 5) is 14.3. The number of ether oxygens (including phenoxy) is 2. The van der Waals surface area contributed by atoms with Gasteiger partial charge in [-0.1, -0.05) is 0 Å². The molecule has 11 heteroatoms. The highest BCUT2D eigenvalue weighted by atomic mass is 79.9. The molecule has 0 atom stereocenters. The van der Waals surface area contributed by atoms with Crippen molar-refractivity contribution in [1.29, 1.82) is 0 Å². The van der Waals surface area contributed by atoms with Crippen molar-refractivity contribution in [3.8, 4) is 5.75 Å². The van der Waals surface area contributed by atoms with Gasteiger partial charge in [0, 0.05) is 11.8 Å². The molecule has 0 N–H and O–H groups in total. The summed E-state index contributed by atoms with van der Waals surface area (Å²) in [6.45, 7) is 0. The van der Waals surface area contributed by atoms with Gasteiger partial charge >= 0.3 is 18.5 Å². The number of alkyl halides is 6. The Morgan fingerprint density at radius 1 is 1.29 bits per heavy atom. The van der Waals surface area contributed by atoms with Crippen LogP contribution in [0.25, 0.3) is 0 Å². The van der Waals surface area contributed by atoms with E-state index < -0.39 is 46.4 Å². The third-order valence-corrected chi connectivity index (χ3v) is 2.72. The Kier molecular flexibility index (Phi) is 5.07. The number of halogens is 7. The number of carbonyl (C=O) groups is 1. The van der Waals surface area contributed by atoms with E-state index >= 15 is 0 Å². The fourth-order valence-corrected chi connectivity index (χ4v) is 1.85. The Bertz CT molecular complexity index is 543. The minimum absolute atomic E-state index is 0.664. The molecule has 0 saturated carbocycles. The zero-order chi connectivity index (χ0) is 16.4. The molecule has 0 amide bonds. The number of methoxy groups -OCH3 is 1. The van der Waals surface area contributed by atoms with Gasteiger partial charge < -0.3 is 9.47 Å². The lowest BCUT2D eigenvalue weighted by Crippen LogP contribution is -2.23. The number of pyridine rings is 1. The van der Waals surface area contributed by atoms with Gasteiger partial charge in [0.15, 0.2) is 0 Å². The highest BCUT2D eigenvalue weighted by Gasteiger charge is 2.43. The molecule has 1 rings (SSSR count). The number of rotatable bonds is 3. The van der Waals surface area contributed by atoms with Crippen LogP contribution in [0.3, 0.4) is 0 Å². The molecule has 0 fully saturated rings. The Morgan fingerprint density at radius 3 is 2.29 bits per heavy atom. The summed E-state index contributed by atoms with van der Waals surface area (Å²) >= 11 is 2.41. The molecule has 0 aromatic carbocycles. The molecular formula is C10H6BrF6NO3. The Balaban J connectivity index is 3.47. The van der Waals surface area contributed by atoms with Crippen LogP contribution in [0, 0.1) is 0 Å². The maximum Gasteiger partial charge on any atom is 0.573 e. The molecule has 0 aliphatic rings. The number of esters is 1. The monoisotopic (exact) mass is 381 g/mol. The minimum Gasteiger partial charge on any atom is -0.469 e. The first-order chi connectivity index (χ1) is 9.45.